The lowest BCUT2D eigenvalue weighted by atomic mass is 10.1. The fraction of sp³-hybridized carbons (Fsp3) is 0.176. The molecule has 0 unspecified atom stereocenters. The molecule has 3 amide bonds. The summed E-state index contributed by atoms with van der Waals surface area (Å²) in [5.74, 6) is 0.326. The molecule has 1 heterocycles. The Kier molecular flexibility index (Phi) is 3.89. The summed E-state index contributed by atoms with van der Waals surface area (Å²) in [6.45, 7) is 0.952. The van der Waals surface area contributed by atoms with Crippen molar-refractivity contribution in [2.45, 2.75) is 13.1 Å². The Hall–Kier alpha value is -3.02. The van der Waals surface area contributed by atoms with Gasteiger partial charge in [0.25, 0.3) is 0 Å². The van der Waals surface area contributed by atoms with Gasteiger partial charge >= 0.3 is 12.1 Å². The number of primary amides is 1. The van der Waals surface area contributed by atoms with Gasteiger partial charge in [0, 0.05) is 19.7 Å². The summed E-state index contributed by atoms with van der Waals surface area (Å²) in [4.78, 5) is 26.8. The number of hydrogen-bond donors (Lipinski definition) is 1. The zero-order valence-electron chi connectivity index (χ0n) is 12.7. The third-order valence-corrected chi connectivity index (χ3v) is 3.71. The number of amides is 3. The van der Waals surface area contributed by atoms with Gasteiger partial charge in [-0.3, -0.25) is 4.90 Å². The van der Waals surface area contributed by atoms with Gasteiger partial charge in [-0.1, -0.05) is 36.4 Å². The molecule has 0 aliphatic carbocycles. The topological polar surface area (TPSA) is 75.9 Å². The Balaban J connectivity index is 1.98. The standard InChI is InChI=1S/C17H17N3O3/c1-19-11-13-7-8-14(23-16(18)21)9-15(13)20(17(19)22)10-12-5-3-2-4-6-12/h2-9H,10-11H2,1H3,(H2,18,21). The minimum atomic E-state index is -0.876. The minimum Gasteiger partial charge on any atom is -0.410 e. The van der Waals surface area contributed by atoms with Crippen LogP contribution in [0.1, 0.15) is 11.1 Å². The Morgan fingerprint density at radius 3 is 2.65 bits per heavy atom. The highest BCUT2D eigenvalue weighted by Crippen LogP contribution is 2.32. The highest BCUT2D eigenvalue weighted by Gasteiger charge is 2.28. The van der Waals surface area contributed by atoms with E-state index in [-0.39, 0.29) is 6.03 Å². The maximum absolute atomic E-state index is 12.5. The van der Waals surface area contributed by atoms with Crippen molar-refractivity contribution < 1.29 is 14.3 Å². The average Bonchev–Trinajstić information content (AvgIpc) is 2.53. The van der Waals surface area contributed by atoms with Crippen molar-refractivity contribution in [1.82, 2.24) is 4.90 Å². The predicted molar refractivity (Wildman–Crippen MR) is 86.1 cm³/mol. The molecule has 0 fully saturated rings. The molecule has 2 aromatic rings. The van der Waals surface area contributed by atoms with Crippen LogP contribution in [0.25, 0.3) is 0 Å². The molecule has 6 nitrogen and oxygen atoms in total. The first kappa shape index (κ1) is 14.9. The van der Waals surface area contributed by atoms with E-state index in [1.165, 1.54) is 0 Å². The van der Waals surface area contributed by atoms with Crippen LogP contribution in [-0.2, 0) is 13.1 Å². The van der Waals surface area contributed by atoms with Crippen LogP contribution in [-0.4, -0.2) is 24.1 Å². The normalized spacial score (nSPS) is 13.7. The SMILES string of the molecule is CN1Cc2ccc(OC(N)=O)cc2N(Cc2ccccc2)C1=O. The van der Waals surface area contributed by atoms with Crippen molar-refractivity contribution in [3.63, 3.8) is 0 Å². The summed E-state index contributed by atoms with van der Waals surface area (Å²) >= 11 is 0. The molecule has 6 heteroatoms. The first-order chi connectivity index (χ1) is 11.0. The van der Waals surface area contributed by atoms with E-state index in [0.717, 1.165) is 16.8 Å². The minimum absolute atomic E-state index is 0.0995. The number of nitrogens with zero attached hydrogens (tertiary/aromatic N) is 2. The van der Waals surface area contributed by atoms with Crippen molar-refractivity contribution in [3.05, 3.63) is 59.7 Å². The van der Waals surface area contributed by atoms with Gasteiger partial charge < -0.3 is 15.4 Å². The second-order valence-electron chi connectivity index (χ2n) is 5.42. The third-order valence-electron chi connectivity index (χ3n) is 3.71. The first-order valence-electron chi connectivity index (χ1n) is 7.21. The summed E-state index contributed by atoms with van der Waals surface area (Å²) in [6.07, 6.45) is -0.876. The number of carbonyl (C=O) groups excluding carboxylic acids is 2. The number of urea groups is 1. The van der Waals surface area contributed by atoms with E-state index in [1.807, 2.05) is 36.4 Å². The number of carbonyl (C=O) groups is 2. The molecule has 2 N–H and O–H groups in total. The van der Waals surface area contributed by atoms with Gasteiger partial charge in [0.2, 0.25) is 0 Å². The molecule has 0 bridgehead atoms. The van der Waals surface area contributed by atoms with Crippen molar-refractivity contribution in [2.24, 2.45) is 5.73 Å². The molecule has 0 saturated heterocycles. The summed E-state index contributed by atoms with van der Waals surface area (Å²) in [5.41, 5.74) is 7.79. The summed E-state index contributed by atoms with van der Waals surface area (Å²) in [5, 5.41) is 0. The molecule has 2 aromatic carbocycles. The highest BCUT2D eigenvalue weighted by molar-refractivity contribution is 5.95. The average molecular weight is 311 g/mol. The fourth-order valence-corrected chi connectivity index (χ4v) is 2.66. The number of anilines is 1. The van der Waals surface area contributed by atoms with E-state index in [0.29, 0.717) is 18.8 Å². The Morgan fingerprint density at radius 1 is 1.22 bits per heavy atom. The first-order valence-corrected chi connectivity index (χ1v) is 7.21. The van der Waals surface area contributed by atoms with E-state index < -0.39 is 6.09 Å². The van der Waals surface area contributed by atoms with Crippen molar-refractivity contribution >= 4 is 17.8 Å². The third kappa shape index (κ3) is 3.11. The molecule has 0 aromatic heterocycles. The molecule has 0 saturated carbocycles. The lowest BCUT2D eigenvalue weighted by Gasteiger charge is -2.35. The fourth-order valence-electron chi connectivity index (χ4n) is 2.66. The van der Waals surface area contributed by atoms with Gasteiger partial charge in [0.15, 0.2) is 0 Å². The van der Waals surface area contributed by atoms with Crippen LogP contribution in [0.15, 0.2) is 48.5 Å². The van der Waals surface area contributed by atoms with Crippen LogP contribution in [0.3, 0.4) is 0 Å². The van der Waals surface area contributed by atoms with Crippen LogP contribution < -0.4 is 15.4 Å². The van der Waals surface area contributed by atoms with E-state index in [2.05, 4.69) is 0 Å². The largest absolute Gasteiger partial charge is 0.410 e. The van der Waals surface area contributed by atoms with E-state index in [9.17, 15) is 9.59 Å². The zero-order valence-corrected chi connectivity index (χ0v) is 12.7. The second-order valence-corrected chi connectivity index (χ2v) is 5.42. The van der Waals surface area contributed by atoms with Gasteiger partial charge in [-0.05, 0) is 17.2 Å². The van der Waals surface area contributed by atoms with Crippen LogP contribution in [0.2, 0.25) is 0 Å². The number of nitrogens with two attached hydrogens (primary N) is 1. The van der Waals surface area contributed by atoms with Crippen LogP contribution >= 0.6 is 0 Å². The van der Waals surface area contributed by atoms with Gasteiger partial charge in [0.1, 0.15) is 5.75 Å². The van der Waals surface area contributed by atoms with E-state index in [1.54, 1.807) is 29.0 Å². The summed E-state index contributed by atoms with van der Waals surface area (Å²) in [7, 11) is 1.76. The molecular weight excluding hydrogens is 294 g/mol. The van der Waals surface area contributed by atoms with Gasteiger partial charge in [-0.25, -0.2) is 9.59 Å². The van der Waals surface area contributed by atoms with Crippen LogP contribution in [0.5, 0.6) is 5.75 Å². The maximum Gasteiger partial charge on any atom is 0.409 e. The van der Waals surface area contributed by atoms with Crippen LogP contribution in [0, 0.1) is 0 Å². The van der Waals surface area contributed by atoms with Gasteiger partial charge in [-0.2, -0.15) is 0 Å². The lowest BCUT2D eigenvalue weighted by Crippen LogP contribution is -2.44. The number of hydrogen-bond acceptors (Lipinski definition) is 3. The summed E-state index contributed by atoms with van der Waals surface area (Å²) < 4.78 is 4.93. The molecule has 0 atom stereocenters. The molecule has 0 radical (unpaired) electrons. The Labute approximate surface area is 134 Å². The zero-order chi connectivity index (χ0) is 16.4. The maximum atomic E-state index is 12.5. The number of fused-ring (bicyclic) bond motifs is 1. The molecule has 23 heavy (non-hydrogen) atoms. The molecule has 118 valence electrons. The highest BCUT2D eigenvalue weighted by atomic mass is 16.5. The lowest BCUT2D eigenvalue weighted by molar-refractivity contribution is 0.209. The quantitative estimate of drug-likeness (QED) is 0.947. The van der Waals surface area contributed by atoms with Gasteiger partial charge in [0.05, 0.1) is 12.2 Å². The van der Waals surface area contributed by atoms with E-state index in [4.69, 9.17) is 10.5 Å². The predicted octanol–water partition coefficient (Wildman–Crippen LogP) is 2.72. The number of ether oxygens (including phenoxy) is 1. The van der Waals surface area contributed by atoms with Crippen molar-refractivity contribution in [2.75, 3.05) is 11.9 Å². The number of rotatable bonds is 3. The smallest absolute Gasteiger partial charge is 0.409 e. The van der Waals surface area contributed by atoms with Crippen molar-refractivity contribution in [3.8, 4) is 5.75 Å². The molecule has 1 aliphatic heterocycles. The van der Waals surface area contributed by atoms with E-state index >= 15 is 0 Å². The second kappa shape index (κ2) is 6.00. The Bertz CT molecular complexity index is 746. The number of benzene rings is 2. The van der Waals surface area contributed by atoms with Gasteiger partial charge in [-0.15, -0.1) is 0 Å². The monoisotopic (exact) mass is 311 g/mol. The summed E-state index contributed by atoms with van der Waals surface area (Å²) in [6, 6.07) is 14.8. The molecule has 3 rings (SSSR count). The molecule has 0 spiro atoms. The van der Waals surface area contributed by atoms with Crippen molar-refractivity contribution in [1.29, 1.82) is 0 Å². The molecule has 1 aliphatic rings. The molecular formula is C17H17N3O3. The Morgan fingerprint density at radius 2 is 1.96 bits per heavy atom. The van der Waals surface area contributed by atoms with Crippen LogP contribution in [0.4, 0.5) is 15.3 Å².